The predicted molar refractivity (Wildman–Crippen MR) is 140 cm³/mol. The zero-order valence-corrected chi connectivity index (χ0v) is 20.2. The Hall–Kier alpha value is -3.95. The molecule has 2 fully saturated rings. The summed E-state index contributed by atoms with van der Waals surface area (Å²) in [6.07, 6.45) is 6.03. The van der Waals surface area contributed by atoms with E-state index in [1.54, 1.807) is 18.5 Å². The van der Waals surface area contributed by atoms with Gasteiger partial charge in [-0.2, -0.15) is 4.98 Å². The highest BCUT2D eigenvalue weighted by Crippen LogP contribution is 2.23. The van der Waals surface area contributed by atoms with Crippen LogP contribution < -0.4 is 16.0 Å². The first-order chi connectivity index (χ1) is 17.7. The van der Waals surface area contributed by atoms with Crippen LogP contribution in [0.2, 0.25) is 0 Å². The average Bonchev–Trinajstić information content (AvgIpc) is 3.22. The van der Waals surface area contributed by atoms with Crippen molar-refractivity contribution >= 4 is 23.3 Å². The average molecular weight is 480 g/mol. The van der Waals surface area contributed by atoms with E-state index in [2.05, 4.69) is 64.0 Å². The fourth-order valence-corrected chi connectivity index (χ4v) is 4.99. The maximum absolute atomic E-state index is 4.63. The van der Waals surface area contributed by atoms with Crippen LogP contribution in [0, 0.1) is 6.92 Å². The van der Waals surface area contributed by atoms with E-state index in [1.807, 2.05) is 37.3 Å². The van der Waals surface area contributed by atoms with E-state index in [0.717, 1.165) is 36.7 Å². The summed E-state index contributed by atoms with van der Waals surface area (Å²) in [5.74, 6) is 2.36. The Kier molecular flexibility index (Phi) is 6.23. The summed E-state index contributed by atoms with van der Waals surface area (Å²) in [7, 11) is 0. The first kappa shape index (κ1) is 22.5. The predicted octanol–water partition coefficient (Wildman–Crippen LogP) is 4.06. The van der Waals surface area contributed by atoms with Crippen molar-refractivity contribution in [3.63, 3.8) is 0 Å². The molecule has 3 aromatic heterocycles. The summed E-state index contributed by atoms with van der Waals surface area (Å²) in [4.78, 5) is 25.1. The number of aromatic nitrogens is 5. The van der Waals surface area contributed by atoms with Crippen LogP contribution in [0.3, 0.4) is 0 Å². The van der Waals surface area contributed by atoms with Crippen LogP contribution in [0.15, 0.2) is 67.0 Å². The van der Waals surface area contributed by atoms with Gasteiger partial charge >= 0.3 is 0 Å². The number of benzene rings is 1. The van der Waals surface area contributed by atoms with Crippen LogP contribution in [-0.4, -0.2) is 55.0 Å². The molecule has 2 aliphatic heterocycles. The standard InChI is InChI=1S/C27H29N9/c1-18-4-2-7-23(30-18)26-28-12-10-24(34-26)33-25-11-13-29-27(35-25)32-20-6-3-5-19(14-20)15-36-16-21-8-9-22(17-36)31-21/h2-7,10-14,21-22,31H,8-9,15-17H2,1H3,(H2,28,29,32,33,34,35). The second-order valence-electron chi connectivity index (χ2n) is 9.48. The van der Waals surface area contributed by atoms with Crippen molar-refractivity contribution in [2.75, 3.05) is 23.7 Å². The minimum atomic E-state index is 0.520. The number of rotatable bonds is 7. The van der Waals surface area contributed by atoms with Crippen LogP contribution in [0.4, 0.5) is 23.3 Å². The molecule has 4 aromatic rings. The van der Waals surface area contributed by atoms with Gasteiger partial charge in [0.05, 0.1) is 0 Å². The first-order valence-corrected chi connectivity index (χ1v) is 12.4. The van der Waals surface area contributed by atoms with Crippen molar-refractivity contribution in [3.05, 3.63) is 78.2 Å². The van der Waals surface area contributed by atoms with Gasteiger partial charge in [-0.15, -0.1) is 0 Å². The fraction of sp³-hybridized carbons (Fsp3) is 0.296. The van der Waals surface area contributed by atoms with Gasteiger partial charge in [0, 0.05) is 55.5 Å². The zero-order chi connectivity index (χ0) is 24.3. The van der Waals surface area contributed by atoms with Crippen LogP contribution in [0.5, 0.6) is 0 Å². The molecule has 2 saturated heterocycles. The molecule has 2 atom stereocenters. The first-order valence-electron chi connectivity index (χ1n) is 12.4. The normalized spacial score (nSPS) is 19.2. The summed E-state index contributed by atoms with van der Waals surface area (Å²) in [5.41, 5.74) is 3.91. The van der Waals surface area contributed by atoms with Gasteiger partial charge in [0.25, 0.3) is 0 Å². The van der Waals surface area contributed by atoms with Crippen molar-refractivity contribution in [1.82, 2.24) is 35.1 Å². The minimum Gasteiger partial charge on any atom is -0.325 e. The lowest BCUT2D eigenvalue weighted by Crippen LogP contribution is -2.50. The molecule has 3 N–H and O–H groups in total. The van der Waals surface area contributed by atoms with Crippen molar-refractivity contribution in [1.29, 1.82) is 0 Å². The molecule has 1 aromatic carbocycles. The van der Waals surface area contributed by atoms with Gasteiger partial charge in [-0.3, -0.25) is 4.90 Å². The molecule has 0 amide bonds. The SMILES string of the molecule is Cc1cccc(-c2nccc(Nc3ccnc(Nc4cccc(CN5CC6CCC(C5)N6)c4)n3)n2)n1. The maximum Gasteiger partial charge on any atom is 0.229 e. The lowest BCUT2D eigenvalue weighted by atomic mass is 10.1. The van der Waals surface area contributed by atoms with Crippen molar-refractivity contribution in [2.45, 2.75) is 38.4 Å². The number of hydrogen-bond acceptors (Lipinski definition) is 9. The molecule has 0 aliphatic carbocycles. The molecule has 0 saturated carbocycles. The van der Waals surface area contributed by atoms with Crippen LogP contribution in [-0.2, 0) is 6.54 Å². The maximum atomic E-state index is 4.63. The number of pyridine rings is 1. The summed E-state index contributed by atoms with van der Waals surface area (Å²) in [6, 6.07) is 19.2. The van der Waals surface area contributed by atoms with Crippen LogP contribution in [0.25, 0.3) is 11.5 Å². The van der Waals surface area contributed by atoms with Crippen LogP contribution >= 0.6 is 0 Å². The molecule has 2 bridgehead atoms. The molecule has 182 valence electrons. The minimum absolute atomic E-state index is 0.520. The second-order valence-corrected chi connectivity index (χ2v) is 9.48. The van der Waals surface area contributed by atoms with Gasteiger partial charge in [-0.25, -0.2) is 19.9 Å². The molecule has 6 rings (SSSR count). The third-order valence-electron chi connectivity index (χ3n) is 6.57. The Bertz CT molecular complexity index is 1350. The fourth-order valence-electron chi connectivity index (χ4n) is 4.99. The van der Waals surface area contributed by atoms with E-state index < -0.39 is 0 Å². The van der Waals surface area contributed by atoms with Crippen molar-refractivity contribution in [3.8, 4) is 11.5 Å². The summed E-state index contributed by atoms with van der Waals surface area (Å²) >= 11 is 0. The smallest absolute Gasteiger partial charge is 0.229 e. The highest BCUT2D eigenvalue weighted by molar-refractivity contribution is 5.59. The van der Waals surface area contributed by atoms with E-state index in [-0.39, 0.29) is 0 Å². The van der Waals surface area contributed by atoms with E-state index in [9.17, 15) is 0 Å². The van der Waals surface area contributed by atoms with Gasteiger partial charge in [0.2, 0.25) is 5.95 Å². The quantitative estimate of drug-likeness (QED) is 0.362. The monoisotopic (exact) mass is 479 g/mol. The van der Waals surface area contributed by atoms with Gasteiger partial charge in [0.15, 0.2) is 5.82 Å². The Labute approximate surface area is 210 Å². The lowest BCUT2D eigenvalue weighted by Gasteiger charge is -2.32. The topological polar surface area (TPSA) is 104 Å². The number of piperazine rings is 1. The van der Waals surface area contributed by atoms with E-state index in [4.69, 9.17) is 0 Å². The van der Waals surface area contributed by atoms with Gasteiger partial charge in [-0.05, 0) is 61.7 Å². The molecular formula is C27H29N9. The van der Waals surface area contributed by atoms with Gasteiger partial charge < -0.3 is 16.0 Å². The third kappa shape index (κ3) is 5.32. The van der Waals surface area contributed by atoms with Crippen molar-refractivity contribution in [2.24, 2.45) is 0 Å². The number of anilines is 4. The van der Waals surface area contributed by atoms with Crippen molar-refractivity contribution < 1.29 is 0 Å². The Morgan fingerprint density at radius 3 is 2.47 bits per heavy atom. The molecule has 2 aliphatic rings. The largest absolute Gasteiger partial charge is 0.325 e. The molecule has 5 heterocycles. The summed E-state index contributed by atoms with van der Waals surface area (Å²) in [6.45, 7) is 5.15. The summed E-state index contributed by atoms with van der Waals surface area (Å²) in [5, 5.41) is 10.3. The summed E-state index contributed by atoms with van der Waals surface area (Å²) < 4.78 is 0. The third-order valence-corrected chi connectivity index (χ3v) is 6.57. The number of fused-ring (bicyclic) bond motifs is 2. The number of aryl methyl sites for hydroxylation is 1. The Morgan fingerprint density at radius 2 is 1.64 bits per heavy atom. The second kappa shape index (κ2) is 9.96. The Morgan fingerprint density at radius 1 is 0.861 bits per heavy atom. The Balaban J connectivity index is 1.13. The highest BCUT2D eigenvalue weighted by Gasteiger charge is 2.31. The molecule has 2 unspecified atom stereocenters. The highest BCUT2D eigenvalue weighted by atomic mass is 15.2. The van der Waals surface area contributed by atoms with E-state index in [1.165, 1.54) is 18.4 Å². The molecule has 0 spiro atoms. The van der Waals surface area contributed by atoms with E-state index >= 15 is 0 Å². The number of nitrogens with zero attached hydrogens (tertiary/aromatic N) is 6. The molecule has 36 heavy (non-hydrogen) atoms. The molecule has 9 heteroatoms. The molecular weight excluding hydrogens is 450 g/mol. The number of likely N-dealkylation sites (tertiary alicyclic amines) is 1. The van der Waals surface area contributed by atoms with Gasteiger partial charge in [-0.1, -0.05) is 18.2 Å². The van der Waals surface area contributed by atoms with E-state index in [0.29, 0.717) is 35.5 Å². The number of nitrogens with one attached hydrogen (secondary N) is 3. The zero-order valence-electron chi connectivity index (χ0n) is 20.2. The van der Waals surface area contributed by atoms with Gasteiger partial charge in [0.1, 0.15) is 17.3 Å². The molecule has 0 radical (unpaired) electrons. The number of hydrogen-bond donors (Lipinski definition) is 3. The lowest BCUT2D eigenvalue weighted by molar-refractivity contribution is 0.189. The van der Waals surface area contributed by atoms with Crippen LogP contribution in [0.1, 0.15) is 24.1 Å². The molecule has 9 nitrogen and oxygen atoms in total.